The first-order valence-corrected chi connectivity index (χ1v) is 17.2. The zero-order valence-corrected chi connectivity index (χ0v) is 28.3. The number of hydrogen-bond donors (Lipinski definition) is 0. The highest BCUT2D eigenvalue weighted by molar-refractivity contribution is 7.90. The quantitative estimate of drug-likeness (QED) is 0.165. The van der Waals surface area contributed by atoms with Gasteiger partial charge in [0.15, 0.2) is 11.7 Å². The van der Waals surface area contributed by atoms with E-state index in [4.69, 9.17) is 0 Å². The number of nitro groups is 2. The van der Waals surface area contributed by atoms with Gasteiger partial charge in [-0.15, -0.1) is 19.0 Å². The molecule has 0 N–H and O–H groups in total. The van der Waals surface area contributed by atoms with Crippen LogP contribution in [0.3, 0.4) is 0 Å². The zero-order valence-electron chi connectivity index (χ0n) is 26.7. The molecule has 5 rings (SSSR count). The summed E-state index contributed by atoms with van der Waals surface area (Å²) in [5.41, 5.74) is 2.62. The van der Waals surface area contributed by atoms with Crippen LogP contribution in [0.15, 0.2) is 92.8 Å². The van der Waals surface area contributed by atoms with Crippen molar-refractivity contribution in [1.82, 2.24) is 8.83 Å². The zero-order chi connectivity index (χ0) is 35.3. The predicted molar refractivity (Wildman–Crippen MR) is 179 cm³/mol. The van der Waals surface area contributed by atoms with Gasteiger partial charge in [0, 0.05) is 35.4 Å². The summed E-state index contributed by atoms with van der Waals surface area (Å²) in [5.74, 6) is -0.915. The van der Waals surface area contributed by atoms with Gasteiger partial charge in [0.25, 0.3) is 31.4 Å². The number of hydrogen-bond acceptors (Lipinski definition) is 10. The van der Waals surface area contributed by atoms with Crippen molar-refractivity contribution in [1.29, 1.82) is 0 Å². The van der Waals surface area contributed by atoms with Crippen LogP contribution in [-0.4, -0.2) is 47.2 Å². The van der Waals surface area contributed by atoms with E-state index in [1.165, 1.54) is 24.3 Å². The van der Waals surface area contributed by atoms with Gasteiger partial charge in [0.2, 0.25) is 0 Å². The molecule has 4 aromatic carbocycles. The summed E-state index contributed by atoms with van der Waals surface area (Å²) in [6.07, 6.45) is 0. The van der Waals surface area contributed by atoms with Crippen LogP contribution in [0, 0.1) is 61.8 Å². The Labute approximate surface area is 277 Å². The Morgan fingerprint density at radius 3 is 1.04 bits per heavy atom. The first-order valence-electron chi connectivity index (χ1n) is 14.4. The van der Waals surface area contributed by atoms with E-state index < -0.39 is 41.6 Å². The standard InChI is InChI=1S/C32H30N6O8S2/c1-19-15-21(3)29(22(4)16-19)47(43,44)35-31(25-7-11-27(12-8-25)37(39)40)34-36(32(33-35)26-9-13-28(14-10-26)38(41)42)48(45,46)30-23(5)17-20(2)18-24(30)6/h7-18H,1-6H3. The van der Waals surface area contributed by atoms with E-state index in [1.54, 1.807) is 52.0 Å². The van der Waals surface area contributed by atoms with E-state index in [9.17, 15) is 37.1 Å². The Hall–Kier alpha value is -5.48. The molecule has 14 nitrogen and oxygen atoms in total. The third-order valence-electron chi connectivity index (χ3n) is 7.59. The molecule has 0 saturated carbocycles. The number of hydrazone groups is 2. The van der Waals surface area contributed by atoms with E-state index in [-0.39, 0.29) is 32.3 Å². The van der Waals surface area contributed by atoms with Gasteiger partial charge in [-0.1, -0.05) is 35.4 Å². The van der Waals surface area contributed by atoms with Gasteiger partial charge >= 0.3 is 0 Å². The summed E-state index contributed by atoms with van der Waals surface area (Å²) in [5, 5.41) is 31.7. The molecular weight excluding hydrogens is 661 g/mol. The second kappa shape index (κ2) is 12.3. The topological polar surface area (TPSA) is 186 Å². The number of non-ortho nitro benzene ring substituents is 2. The lowest BCUT2D eigenvalue weighted by Crippen LogP contribution is -2.46. The van der Waals surface area contributed by atoms with Crippen molar-refractivity contribution in [3.8, 4) is 0 Å². The highest BCUT2D eigenvalue weighted by Crippen LogP contribution is 2.34. The first-order chi connectivity index (χ1) is 22.4. The third-order valence-corrected chi connectivity index (χ3v) is 11.3. The van der Waals surface area contributed by atoms with Crippen molar-refractivity contribution < 1.29 is 26.7 Å². The number of sulfonamides is 2. The Kier molecular flexibility index (Phi) is 8.66. The van der Waals surface area contributed by atoms with Crippen LogP contribution in [0.25, 0.3) is 0 Å². The SMILES string of the molecule is Cc1cc(C)c(S(=O)(=O)N2N=C(c3ccc([N+](=O)[O-])cc3)N(S(=O)(=O)c3c(C)cc(C)cc3C)N=C2c2ccc([N+](=O)[O-])cc2)c(C)c1. The van der Waals surface area contributed by atoms with Crippen molar-refractivity contribution in [3.63, 3.8) is 0 Å². The minimum Gasteiger partial charge on any atom is -0.258 e. The number of nitro benzene ring substituents is 2. The first kappa shape index (κ1) is 33.9. The molecule has 16 heteroatoms. The summed E-state index contributed by atoms with van der Waals surface area (Å²) < 4.78 is 59.4. The molecule has 48 heavy (non-hydrogen) atoms. The summed E-state index contributed by atoms with van der Waals surface area (Å²) in [6.45, 7) is 10.1. The third kappa shape index (κ3) is 6.02. The predicted octanol–water partition coefficient (Wildman–Crippen LogP) is 5.77. The van der Waals surface area contributed by atoms with Crippen LogP contribution in [0.4, 0.5) is 11.4 Å². The Bertz CT molecular complexity index is 2070. The average molecular weight is 691 g/mol. The molecule has 0 unspecified atom stereocenters. The van der Waals surface area contributed by atoms with Crippen LogP contribution in [0.1, 0.15) is 44.5 Å². The van der Waals surface area contributed by atoms with Crippen molar-refractivity contribution in [2.75, 3.05) is 0 Å². The minimum absolute atomic E-state index is 0.00985. The smallest absolute Gasteiger partial charge is 0.258 e. The van der Waals surface area contributed by atoms with E-state index in [2.05, 4.69) is 10.2 Å². The van der Waals surface area contributed by atoms with Crippen molar-refractivity contribution in [2.45, 2.75) is 51.3 Å². The second-order valence-electron chi connectivity index (χ2n) is 11.4. The van der Waals surface area contributed by atoms with Gasteiger partial charge in [-0.2, -0.15) is 16.8 Å². The minimum atomic E-state index is -4.63. The number of benzene rings is 4. The molecule has 0 aromatic heterocycles. The molecular formula is C32H30N6O8S2. The van der Waals surface area contributed by atoms with E-state index in [0.29, 0.717) is 31.1 Å². The Balaban J connectivity index is 1.86. The molecule has 0 spiro atoms. The highest BCUT2D eigenvalue weighted by atomic mass is 32.2. The second-order valence-corrected chi connectivity index (χ2v) is 14.8. The lowest BCUT2D eigenvalue weighted by Gasteiger charge is -2.32. The fourth-order valence-electron chi connectivity index (χ4n) is 5.80. The van der Waals surface area contributed by atoms with E-state index in [1.807, 2.05) is 13.8 Å². The van der Waals surface area contributed by atoms with Crippen LogP contribution in [0.5, 0.6) is 0 Å². The van der Waals surface area contributed by atoms with Gasteiger partial charge in [0.05, 0.1) is 19.6 Å². The fourth-order valence-corrected chi connectivity index (χ4v) is 9.12. The summed E-state index contributed by atoms with van der Waals surface area (Å²) in [7, 11) is -9.26. The lowest BCUT2D eigenvalue weighted by atomic mass is 10.1. The van der Waals surface area contributed by atoms with Gasteiger partial charge in [-0.3, -0.25) is 20.2 Å². The Morgan fingerprint density at radius 2 is 0.792 bits per heavy atom. The lowest BCUT2D eigenvalue weighted by molar-refractivity contribution is -0.385. The molecule has 0 aliphatic carbocycles. The van der Waals surface area contributed by atoms with Crippen LogP contribution >= 0.6 is 0 Å². The molecule has 0 bridgehead atoms. The largest absolute Gasteiger partial charge is 0.285 e. The number of aryl methyl sites for hydroxylation is 6. The van der Waals surface area contributed by atoms with Gasteiger partial charge < -0.3 is 0 Å². The molecule has 0 radical (unpaired) electrons. The van der Waals surface area contributed by atoms with Gasteiger partial charge in [-0.25, -0.2) is 0 Å². The maximum Gasteiger partial charge on any atom is 0.285 e. The summed E-state index contributed by atoms with van der Waals surface area (Å²) in [4.78, 5) is 21.4. The van der Waals surface area contributed by atoms with Gasteiger partial charge in [-0.05, 0) is 88.1 Å². The van der Waals surface area contributed by atoms with Crippen LogP contribution in [0.2, 0.25) is 0 Å². The van der Waals surface area contributed by atoms with Crippen molar-refractivity contribution in [2.24, 2.45) is 10.2 Å². The Morgan fingerprint density at radius 1 is 0.521 bits per heavy atom. The van der Waals surface area contributed by atoms with Crippen LogP contribution < -0.4 is 0 Å². The number of rotatable bonds is 8. The van der Waals surface area contributed by atoms with Crippen molar-refractivity contribution >= 4 is 43.1 Å². The van der Waals surface area contributed by atoms with Gasteiger partial charge in [0.1, 0.15) is 0 Å². The number of nitrogens with zero attached hydrogens (tertiary/aromatic N) is 6. The van der Waals surface area contributed by atoms with E-state index in [0.717, 1.165) is 35.4 Å². The summed E-state index contributed by atoms with van der Waals surface area (Å²) >= 11 is 0. The fraction of sp³-hybridized carbons (Fsp3) is 0.188. The average Bonchev–Trinajstić information content (AvgIpc) is 2.99. The highest BCUT2D eigenvalue weighted by Gasteiger charge is 2.41. The number of amidine groups is 2. The molecule has 0 saturated heterocycles. The molecule has 1 aliphatic rings. The molecule has 0 fully saturated rings. The molecule has 1 aliphatic heterocycles. The monoisotopic (exact) mass is 690 g/mol. The molecule has 248 valence electrons. The normalized spacial score (nSPS) is 13.6. The van der Waals surface area contributed by atoms with Crippen LogP contribution in [-0.2, 0) is 20.0 Å². The molecule has 0 atom stereocenters. The maximum atomic E-state index is 14.6. The van der Waals surface area contributed by atoms with E-state index >= 15 is 0 Å². The van der Waals surface area contributed by atoms with Crippen molar-refractivity contribution in [3.05, 3.63) is 138 Å². The molecule has 4 aromatic rings. The summed E-state index contributed by atoms with van der Waals surface area (Å²) in [6, 6.07) is 16.2. The maximum absolute atomic E-state index is 14.6. The molecule has 0 amide bonds. The molecule has 1 heterocycles.